The van der Waals surface area contributed by atoms with Crippen molar-refractivity contribution in [3.05, 3.63) is 58.4 Å². The van der Waals surface area contributed by atoms with Gasteiger partial charge in [-0.2, -0.15) is 0 Å². The van der Waals surface area contributed by atoms with E-state index in [0.717, 1.165) is 37.7 Å². The number of rotatable bonds is 5. The topological polar surface area (TPSA) is 96.7 Å². The first-order valence-corrected chi connectivity index (χ1v) is 10.1. The molecule has 2 heterocycles. The largest absolute Gasteiger partial charge is 0.363 e. The van der Waals surface area contributed by atoms with E-state index >= 15 is 0 Å². The van der Waals surface area contributed by atoms with Gasteiger partial charge in [-0.3, -0.25) is 20.0 Å². The van der Waals surface area contributed by atoms with Gasteiger partial charge in [-0.05, 0) is 24.3 Å². The van der Waals surface area contributed by atoms with Crippen molar-refractivity contribution in [2.45, 2.75) is 11.4 Å². The van der Waals surface area contributed by atoms with Crippen molar-refractivity contribution in [3.63, 3.8) is 0 Å². The molecular weight excluding hydrogens is 356 g/mol. The third-order valence-electron chi connectivity index (χ3n) is 4.40. The molecule has 0 aliphatic carbocycles. The summed E-state index contributed by atoms with van der Waals surface area (Å²) in [7, 11) is -3.49. The lowest BCUT2D eigenvalue weighted by Crippen LogP contribution is -2.46. The lowest BCUT2D eigenvalue weighted by molar-refractivity contribution is -0.384. The van der Waals surface area contributed by atoms with Gasteiger partial charge in [0.05, 0.1) is 15.5 Å². The maximum atomic E-state index is 11.7. The van der Waals surface area contributed by atoms with Crippen molar-refractivity contribution < 1.29 is 13.3 Å². The van der Waals surface area contributed by atoms with E-state index in [1.807, 2.05) is 23.1 Å². The summed E-state index contributed by atoms with van der Waals surface area (Å²) in [5.41, 5.74) is 1.27. The van der Waals surface area contributed by atoms with Crippen molar-refractivity contribution in [3.8, 4) is 0 Å². The van der Waals surface area contributed by atoms with E-state index in [0.29, 0.717) is 18.8 Å². The third kappa shape index (κ3) is 4.17. The summed E-state index contributed by atoms with van der Waals surface area (Å²) < 4.78 is 23.3. The van der Waals surface area contributed by atoms with Gasteiger partial charge in [0.15, 0.2) is 9.84 Å². The fourth-order valence-corrected chi connectivity index (χ4v) is 3.66. The molecule has 1 fully saturated rings. The van der Waals surface area contributed by atoms with Gasteiger partial charge in [0.25, 0.3) is 5.69 Å². The van der Waals surface area contributed by atoms with Gasteiger partial charge in [-0.25, -0.2) is 8.42 Å². The Hall–Kier alpha value is -2.52. The summed E-state index contributed by atoms with van der Waals surface area (Å²) in [5, 5.41) is 11.4. The van der Waals surface area contributed by atoms with Crippen LogP contribution in [0.1, 0.15) is 5.69 Å². The molecule has 3 rings (SSSR count). The molecule has 1 aliphatic rings. The Bertz CT molecular complexity index is 894. The van der Waals surface area contributed by atoms with Crippen molar-refractivity contribution in [1.29, 1.82) is 0 Å². The molecule has 138 valence electrons. The molecule has 0 amide bonds. The average molecular weight is 376 g/mol. The van der Waals surface area contributed by atoms with Crippen LogP contribution in [0, 0.1) is 10.1 Å². The highest BCUT2D eigenvalue weighted by Crippen LogP contribution is 2.31. The van der Waals surface area contributed by atoms with E-state index in [-0.39, 0.29) is 10.6 Å². The van der Waals surface area contributed by atoms with Gasteiger partial charge < -0.3 is 4.90 Å². The van der Waals surface area contributed by atoms with Crippen molar-refractivity contribution >= 4 is 21.2 Å². The molecule has 8 nitrogen and oxygen atoms in total. The summed E-state index contributed by atoms with van der Waals surface area (Å²) in [4.78, 5) is 19.3. The summed E-state index contributed by atoms with van der Waals surface area (Å²) in [6.45, 7) is 3.50. The van der Waals surface area contributed by atoms with Gasteiger partial charge >= 0.3 is 0 Å². The van der Waals surface area contributed by atoms with Crippen LogP contribution in [0.3, 0.4) is 0 Å². The number of sulfone groups is 1. The Morgan fingerprint density at radius 1 is 1.15 bits per heavy atom. The number of aromatic nitrogens is 1. The molecule has 0 atom stereocenters. The lowest BCUT2D eigenvalue weighted by Gasteiger charge is -2.35. The minimum absolute atomic E-state index is 0.0401. The van der Waals surface area contributed by atoms with Gasteiger partial charge in [0, 0.05) is 51.2 Å². The molecule has 1 aromatic carbocycles. The van der Waals surface area contributed by atoms with Gasteiger partial charge in [-0.1, -0.05) is 6.07 Å². The van der Waals surface area contributed by atoms with Crippen LogP contribution >= 0.6 is 0 Å². The Kier molecular flexibility index (Phi) is 5.19. The smallest absolute Gasteiger partial charge is 0.293 e. The second kappa shape index (κ2) is 7.38. The second-order valence-corrected chi connectivity index (χ2v) is 8.28. The first kappa shape index (κ1) is 18.3. The van der Waals surface area contributed by atoms with Crippen LogP contribution in [-0.2, 0) is 16.4 Å². The molecule has 0 N–H and O–H groups in total. The van der Waals surface area contributed by atoms with E-state index in [1.165, 1.54) is 12.1 Å². The number of nitro benzene ring substituents is 1. The van der Waals surface area contributed by atoms with Crippen LogP contribution in [0.25, 0.3) is 0 Å². The fraction of sp³-hybridized carbons (Fsp3) is 0.353. The van der Waals surface area contributed by atoms with Crippen LogP contribution < -0.4 is 4.90 Å². The number of anilines is 1. The molecule has 1 aliphatic heterocycles. The zero-order valence-electron chi connectivity index (χ0n) is 14.4. The highest BCUT2D eigenvalue weighted by Gasteiger charge is 2.25. The molecule has 9 heteroatoms. The standard InChI is InChI=1S/C17H20N4O4S/c1-26(24,25)15-5-6-16(17(12-15)21(22)23)20-10-8-19(9-11-20)13-14-4-2-3-7-18-14/h2-7,12H,8-11,13H2,1H3. The summed E-state index contributed by atoms with van der Waals surface area (Å²) >= 11 is 0. The molecule has 2 aromatic rings. The Labute approximate surface area is 152 Å². The number of benzene rings is 1. The van der Waals surface area contributed by atoms with Crippen LogP contribution in [0.5, 0.6) is 0 Å². The molecule has 0 saturated carbocycles. The zero-order valence-corrected chi connectivity index (χ0v) is 15.2. The van der Waals surface area contributed by atoms with Gasteiger partial charge in [0.1, 0.15) is 5.69 Å². The molecular formula is C17H20N4O4S. The van der Waals surface area contributed by atoms with Crippen LogP contribution in [0.4, 0.5) is 11.4 Å². The highest BCUT2D eigenvalue weighted by atomic mass is 32.2. The van der Waals surface area contributed by atoms with Crippen LogP contribution in [0.15, 0.2) is 47.5 Å². The van der Waals surface area contributed by atoms with E-state index in [9.17, 15) is 18.5 Å². The predicted molar refractivity (Wildman–Crippen MR) is 97.9 cm³/mol. The number of nitro groups is 1. The number of hydrogen-bond acceptors (Lipinski definition) is 7. The maximum Gasteiger partial charge on any atom is 0.293 e. The fourth-order valence-electron chi connectivity index (χ4n) is 3.02. The Balaban J connectivity index is 1.74. The van der Waals surface area contributed by atoms with E-state index in [2.05, 4.69) is 9.88 Å². The normalized spacial score (nSPS) is 15.8. The Morgan fingerprint density at radius 3 is 2.46 bits per heavy atom. The molecule has 1 aromatic heterocycles. The minimum atomic E-state index is -3.49. The number of hydrogen-bond donors (Lipinski definition) is 0. The molecule has 26 heavy (non-hydrogen) atoms. The summed E-state index contributed by atoms with van der Waals surface area (Å²) in [6.07, 6.45) is 2.81. The number of nitrogens with zero attached hydrogens (tertiary/aromatic N) is 4. The second-order valence-electron chi connectivity index (χ2n) is 6.26. The molecule has 0 spiro atoms. The molecule has 1 saturated heterocycles. The number of pyridine rings is 1. The number of piperazine rings is 1. The summed E-state index contributed by atoms with van der Waals surface area (Å²) in [6, 6.07) is 9.90. The maximum absolute atomic E-state index is 11.7. The molecule has 0 unspecified atom stereocenters. The lowest BCUT2D eigenvalue weighted by atomic mass is 10.2. The van der Waals surface area contributed by atoms with Crippen molar-refractivity contribution in [2.75, 3.05) is 37.3 Å². The van der Waals surface area contributed by atoms with E-state index in [1.54, 1.807) is 6.20 Å². The van der Waals surface area contributed by atoms with Crippen LogP contribution in [0.2, 0.25) is 0 Å². The summed E-state index contributed by atoms with van der Waals surface area (Å²) in [5.74, 6) is 0. The predicted octanol–water partition coefficient (Wildman–Crippen LogP) is 1.72. The first-order valence-electron chi connectivity index (χ1n) is 8.20. The van der Waals surface area contributed by atoms with Crippen molar-refractivity contribution in [2.24, 2.45) is 0 Å². The quantitative estimate of drug-likeness (QED) is 0.579. The van der Waals surface area contributed by atoms with Crippen molar-refractivity contribution in [1.82, 2.24) is 9.88 Å². The van der Waals surface area contributed by atoms with E-state index < -0.39 is 14.8 Å². The first-order chi connectivity index (χ1) is 12.3. The SMILES string of the molecule is CS(=O)(=O)c1ccc(N2CCN(Cc3ccccn3)CC2)c([N+](=O)[O-])c1. The third-order valence-corrected chi connectivity index (χ3v) is 5.51. The minimum Gasteiger partial charge on any atom is -0.363 e. The van der Waals surface area contributed by atoms with Gasteiger partial charge in [0.2, 0.25) is 0 Å². The Morgan fingerprint density at radius 2 is 1.88 bits per heavy atom. The van der Waals surface area contributed by atoms with Crippen LogP contribution in [-0.4, -0.2) is 55.7 Å². The average Bonchev–Trinajstić information content (AvgIpc) is 2.62. The highest BCUT2D eigenvalue weighted by molar-refractivity contribution is 7.90. The molecule has 0 bridgehead atoms. The molecule has 0 radical (unpaired) electrons. The van der Waals surface area contributed by atoms with E-state index in [4.69, 9.17) is 0 Å². The monoisotopic (exact) mass is 376 g/mol. The zero-order chi connectivity index (χ0) is 18.7. The van der Waals surface area contributed by atoms with Gasteiger partial charge in [-0.15, -0.1) is 0 Å².